The van der Waals surface area contributed by atoms with E-state index in [9.17, 15) is 13.2 Å². The van der Waals surface area contributed by atoms with Crippen molar-refractivity contribution in [2.75, 3.05) is 0 Å². The summed E-state index contributed by atoms with van der Waals surface area (Å²) in [5.41, 5.74) is 5.42. The molecule has 0 aliphatic carbocycles. The van der Waals surface area contributed by atoms with Crippen LogP contribution in [0, 0.1) is 20.8 Å². The van der Waals surface area contributed by atoms with Crippen LogP contribution in [0.4, 0.5) is 13.2 Å². The van der Waals surface area contributed by atoms with Crippen LogP contribution in [0.25, 0.3) is 10.6 Å². The van der Waals surface area contributed by atoms with Crippen molar-refractivity contribution < 1.29 is 13.2 Å². The molecule has 4 aromatic rings. The fourth-order valence-corrected chi connectivity index (χ4v) is 4.50. The first-order valence-corrected chi connectivity index (χ1v) is 10.3. The van der Waals surface area contributed by atoms with E-state index < -0.39 is 11.7 Å². The number of alkyl halides is 3. The molecule has 0 unspecified atom stereocenters. The normalized spacial score (nSPS) is 11.9. The Labute approximate surface area is 176 Å². The predicted octanol–water partition coefficient (Wildman–Crippen LogP) is 5.92. The van der Waals surface area contributed by atoms with E-state index in [0.29, 0.717) is 17.1 Å². The highest BCUT2D eigenvalue weighted by Crippen LogP contribution is 2.33. The summed E-state index contributed by atoms with van der Waals surface area (Å²) in [6.45, 7) is 6.59. The lowest BCUT2D eigenvalue weighted by molar-refractivity contribution is -0.137. The third-order valence-corrected chi connectivity index (χ3v) is 6.41. The third-order valence-electron chi connectivity index (χ3n) is 5.22. The summed E-state index contributed by atoms with van der Waals surface area (Å²) in [6.07, 6.45) is 0.378. The van der Waals surface area contributed by atoms with E-state index >= 15 is 0 Å². The first-order chi connectivity index (χ1) is 14.2. The molecule has 0 saturated carbocycles. The molecular formula is C22H21F3N4S. The van der Waals surface area contributed by atoms with Gasteiger partial charge in [-0.15, -0.1) is 11.3 Å². The number of hydrogen-bond acceptors (Lipinski definition) is 3. The highest BCUT2D eigenvalue weighted by atomic mass is 32.1. The van der Waals surface area contributed by atoms with Crippen molar-refractivity contribution in [1.29, 1.82) is 0 Å². The molecule has 3 heterocycles. The largest absolute Gasteiger partial charge is 0.416 e. The van der Waals surface area contributed by atoms with Gasteiger partial charge in [0.1, 0.15) is 5.01 Å². The lowest BCUT2D eigenvalue weighted by atomic mass is 10.1. The van der Waals surface area contributed by atoms with E-state index in [1.54, 1.807) is 0 Å². The highest BCUT2D eigenvalue weighted by Gasteiger charge is 2.30. The van der Waals surface area contributed by atoms with Crippen molar-refractivity contribution in [1.82, 2.24) is 19.7 Å². The molecule has 1 N–H and O–H groups in total. The first-order valence-electron chi connectivity index (χ1n) is 9.51. The van der Waals surface area contributed by atoms with E-state index in [4.69, 9.17) is 5.10 Å². The Morgan fingerprint density at radius 1 is 1.03 bits per heavy atom. The molecule has 3 aromatic heterocycles. The zero-order valence-electron chi connectivity index (χ0n) is 16.8. The number of nitrogens with zero attached hydrogens (tertiary/aromatic N) is 3. The molecule has 4 rings (SSSR count). The molecule has 0 spiro atoms. The molecule has 30 heavy (non-hydrogen) atoms. The van der Waals surface area contributed by atoms with Crippen LogP contribution in [0.3, 0.4) is 0 Å². The number of aromatic nitrogens is 4. The summed E-state index contributed by atoms with van der Waals surface area (Å²) >= 11 is 1.49. The standard InChI is InChI=1S/C22H21F3N4S/c1-13-19(10-16-8-9-26-11-16)15(3)29(28-13)12-20-14(2)27-21(30-20)17-4-6-18(7-5-17)22(23,24)25/h4-9,11,26H,10,12H2,1-3H3. The van der Waals surface area contributed by atoms with Gasteiger partial charge in [-0.25, -0.2) is 4.98 Å². The van der Waals surface area contributed by atoms with Gasteiger partial charge in [-0.1, -0.05) is 12.1 Å². The van der Waals surface area contributed by atoms with E-state index in [2.05, 4.69) is 23.0 Å². The van der Waals surface area contributed by atoms with Crippen LogP contribution in [0.1, 0.15) is 38.6 Å². The number of H-pyrrole nitrogens is 1. The number of thiazole rings is 1. The molecule has 4 nitrogen and oxygen atoms in total. The number of nitrogens with one attached hydrogen (secondary N) is 1. The summed E-state index contributed by atoms with van der Waals surface area (Å²) in [7, 11) is 0. The Hall–Kier alpha value is -2.87. The number of hydrogen-bond donors (Lipinski definition) is 1. The minimum Gasteiger partial charge on any atom is -0.367 e. The minimum atomic E-state index is -4.34. The number of rotatable bonds is 5. The van der Waals surface area contributed by atoms with Gasteiger partial charge in [-0.2, -0.15) is 18.3 Å². The molecule has 0 saturated heterocycles. The SMILES string of the molecule is Cc1nc(-c2ccc(C(F)(F)F)cc2)sc1Cn1nc(C)c(Cc2cc[nH]c2)c1C. The molecule has 8 heteroatoms. The Morgan fingerprint density at radius 3 is 2.40 bits per heavy atom. The van der Waals surface area contributed by atoms with Crippen LogP contribution in [-0.4, -0.2) is 19.7 Å². The molecule has 0 bridgehead atoms. The van der Waals surface area contributed by atoms with Gasteiger partial charge in [0.2, 0.25) is 0 Å². The van der Waals surface area contributed by atoms with Gasteiger partial charge in [-0.05, 0) is 44.5 Å². The van der Waals surface area contributed by atoms with Gasteiger partial charge in [0.15, 0.2) is 0 Å². The molecule has 0 radical (unpaired) electrons. The van der Waals surface area contributed by atoms with Crippen molar-refractivity contribution in [2.45, 2.75) is 39.9 Å². The minimum absolute atomic E-state index is 0.587. The summed E-state index contributed by atoms with van der Waals surface area (Å²) in [6, 6.07) is 7.20. The van der Waals surface area contributed by atoms with E-state index in [0.717, 1.165) is 40.5 Å². The van der Waals surface area contributed by atoms with Crippen LogP contribution in [-0.2, 0) is 19.1 Å². The fourth-order valence-electron chi connectivity index (χ4n) is 3.45. The Morgan fingerprint density at radius 2 is 1.77 bits per heavy atom. The Bertz CT molecular complexity index is 1150. The molecule has 156 valence electrons. The van der Waals surface area contributed by atoms with Gasteiger partial charge in [-0.3, -0.25) is 4.68 Å². The molecule has 0 aliphatic heterocycles. The van der Waals surface area contributed by atoms with Crippen LogP contribution >= 0.6 is 11.3 Å². The highest BCUT2D eigenvalue weighted by molar-refractivity contribution is 7.15. The van der Waals surface area contributed by atoms with Gasteiger partial charge in [0.05, 0.1) is 23.5 Å². The zero-order chi connectivity index (χ0) is 21.5. The van der Waals surface area contributed by atoms with Gasteiger partial charge < -0.3 is 4.98 Å². The number of aryl methyl sites for hydroxylation is 2. The van der Waals surface area contributed by atoms with Crippen LogP contribution < -0.4 is 0 Å². The second-order valence-electron chi connectivity index (χ2n) is 7.31. The third kappa shape index (κ3) is 4.05. The maximum absolute atomic E-state index is 12.8. The summed E-state index contributed by atoms with van der Waals surface area (Å²) in [5.74, 6) is 0. The van der Waals surface area contributed by atoms with Gasteiger partial charge in [0.25, 0.3) is 0 Å². The molecule has 0 amide bonds. The summed E-state index contributed by atoms with van der Waals surface area (Å²) < 4.78 is 40.4. The lowest BCUT2D eigenvalue weighted by Gasteiger charge is -2.06. The quantitative estimate of drug-likeness (QED) is 0.427. The van der Waals surface area contributed by atoms with Crippen molar-refractivity contribution in [3.8, 4) is 10.6 Å². The van der Waals surface area contributed by atoms with Crippen LogP contribution in [0.5, 0.6) is 0 Å². The second-order valence-corrected chi connectivity index (χ2v) is 8.39. The summed E-state index contributed by atoms with van der Waals surface area (Å²) in [5, 5.41) is 5.42. The van der Waals surface area contributed by atoms with Crippen LogP contribution in [0.2, 0.25) is 0 Å². The molecule has 0 aliphatic rings. The average Bonchev–Trinajstić information content (AvgIpc) is 3.39. The number of benzene rings is 1. The monoisotopic (exact) mass is 430 g/mol. The van der Waals surface area contributed by atoms with E-state index in [1.807, 2.05) is 30.9 Å². The maximum Gasteiger partial charge on any atom is 0.416 e. The average molecular weight is 430 g/mol. The lowest BCUT2D eigenvalue weighted by Crippen LogP contribution is -2.04. The van der Waals surface area contributed by atoms with E-state index in [-0.39, 0.29) is 0 Å². The number of halogens is 3. The van der Waals surface area contributed by atoms with Gasteiger partial charge >= 0.3 is 6.18 Å². The fraction of sp³-hybridized carbons (Fsp3) is 0.273. The van der Waals surface area contributed by atoms with Crippen molar-refractivity contribution in [3.05, 3.63) is 81.4 Å². The molecule has 1 aromatic carbocycles. The first kappa shape index (κ1) is 20.4. The van der Waals surface area contributed by atoms with Crippen LogP contribution in [0.15, 0.2) is 42.7 Å². The van der Waals surface area contributed by atoms with Crippen molar-refractivity contribution in [3.63, 3.8) is 0 Å². The zero-order valence-corrected chi connectivity index (χ0v) is 17.7. The maximum atomic E-state index is 12.8. The predicted molar refractivity (Wildman–Crippen MR) is 112 cm³/mol. The van der Waals surface area contributed by atoms with Gasteiger partial charge in [0, 0.05) is 40.5 Å². The summed E-state index contributed by atoms with van der Waals surface area (Å²) in [4.78, 5) is 8.70. The number of aromatic amines is 1. The van der Waals surface area contributed by atoms with Crippen molar-refractivity contribution in [2.24, 2.45) is 0 Å². The van der Waals surface area contributed by atoms with E-state index in [1.165, 1.54) is 34.6 Å². The topological polar surface area (TPSA) is 46.5 Å². The second kappa shape index (κ2) is 7.75. The molecule has 0 fully saturated rings. The molecular weight excluding hydrogens is 409 g/mol. The smallest absolute Gasteiger partial charge is 0.367 e. The Balaban J connectivity index is 1.57. The molecule has 0 atom stereocenters. The Kier molecular flexibility index (Phi) is 5.27. The van der Waals surface area contributed by atoms with Crippen molar-refractivity contribution >= 4 is 11.3 Å².